The second kappa shape index (κ2) is 4.80. The van der Waals surface area contributed by atoms with Gasteiger partial charge in [0.15, 0.2) is 5.76 Å². The third kappa shape index (κ3) is 2.23. The SMILES string of the molecule is c1ccc2c(c1)c(CNC1CC1)cn2Cc1ccno1. The van der Waals surface area contributed by atoms with E-state index in [-0.39, 0.29) is 0 Å². The highest BCUT2D eigenvalue weighted by Gasteiger charge is 2.20. The molecular formula is C16H17N3O. The van der Waals surface area contributed by atoms with Gasteiger partial charge in [-0.25, -0.2) is 0 Å². The maximum atomic E-state index is 5.22. The van der Waals surface area contributed by atoms with Crippen molar-refractivity contribution in [1.82, 2.24) is 15.0 Å². The van der Waals surface area contributed by atoms with E-state index in [0.29, 0.717) is 0 Å². The molecule has 1 saturated carbocycles. The maximum absolute atomic E-state index is 5.22. The zero-order chi connectivity index (χ0) is 13.4. The Morgan fingerprint density at radius 3 is 2.95 bits per heavy atom. The van der Waals surface area contributed by atoms with E-state index >= 15 is 0 Å². The molecule has 1 N–H and O–H groups in total. The molecular weight excluding hydrogens is 250 g/mol. The minimum absolute atomic E-state index is 0.726. The standard InChI is InChI=1S/C16H17N3O/c1-2-4-16-15(3-1)12(9-17-13-5-6-13)10-19(16)11-14-7-8-18-20-14/h1-4,7-8,10,13,17H,5-6,9,11H2. The molecule has 4 nitrogen and oxygen atoms in total. The molecule has 0 spiro atoms. The number of benzene rings is 1. The van der Waals surface area contributed by atoms with Crippen molar-refractivity contribution in [2.24, 2.45) is 0 Å². The summed E-state index contributed by atoms with van der Waals surface area (Å²) in [5.74, 6) is 0.882. The first kappa shape index (κ1) is 11.7. The van der Waals surface area contributed by atoms with E-state index in [1.165, 1.54) is 29.3 Å². The van der Waals surface area contributed by atoms with Gasteiger partial charge in [0.05, 0.1) is 12.7 Å². The Hall–Kier alpha value is -2.07. The van der Waals surface area contributed by atoms with Gasteiger partial charge in [-0.2, -0.15) is 0 Å². The molecule has 0 unspecified atom stereocenters. The molecule has 0 bridgehead atoms. The van der Waals surface area contributed by atoms with Crippen LogP contribution in [0.4, 0.5) is 0 Å². The van der Waals surface area contributed by atoms with Gasteiger partial charge < -0.3 is 14.4 Å². The summed E-state index contributed by atoms with van der Waals surface area (Å²) in [4.78, 5) is 0. The van der Waals surface area contributed by atoms with Gasteiger partial charge >= 0.3 is 0 Å². The van der Waals surface area contributed by atoms with Crippen LogP contribution >= 0.6 is 0 Å². The Morgan fingerprint density at radius 1 is 1.25 bits per heavy atom. The summed E-state index contributed by atoms with van der Waals surface area (Å²) in [7, 11) is 0. The molecule has 1 fully saturated rings. The Morgan fingerprint density at radius 2 is 2.15 bits per heavy atom. The van der Waals surface area contributed by atoms with Crippen molar-refractivity contribution < 1.29 is 4.52 Å². The topological polar surface area (TPSA) is 43.0 Å². The van der Waals surface area contributed by atoms with E-state index < -0.39 is 0 Å². The van der Waals surface area contributed by atoms with Gasteiger partial charge in [0.2, 0.25) is 0 Å². The summed E-state index contributed by atoms with van der Waals surface area (Å²) in [5, 5.41) is 8.68. The van der Waals surface area contributed by atoms with Crippen LogP contribution in [-0.2, 0) is 13.1 Å². The zero-order valence-electron chi connectivity index (χ0n) is 11.2. The van der Waals surface area contributed by atoms with Crippen molar-refractivity contribution in [1.29, 1.82) is 0 Å². The van der Waals surface area contributed by atoms with Gasteiger partial charge in [-0.3, -0.25) is 0 Å². The summed E-state index contributed by atoms with van der Waals surface area (Å²) in [6.45, 7) is 1.67. The molecule has 2 heterocycles. The number of nitrogens with one attached hydrogen (secondary N) is 1. The van der Waals surface area contributed by atoms with Gasteiger partial charge in [-0.15, -0.1) is 0 Å². The third-order valence-electron chi connectivity index (χ3n) is 3.85. The first-order valence-electron chi connectivity index (χ1n) is 7.10. The lowest BCUT2D eigenvalue weighted by atomic mass is 10.2. The molecule has 0 amide bonds. The van der Waals surface area contributed by atoms with Gasteiger partial charge in [0, 0.05) is 35.8 Å². The van der Waals surface area contributed by atoms with Crippen molar-refractivity contribution >= 4 is 10.9 Å². The minimum Gasteiger partial charge on any atom is -0.359 e. The smallest absolute Gasteiger partial charge is 0.156 e. The summed E-state index contributed by atoms with van der Waals surface area (Å²) in [6, 6.07) is 11.2. The van der Waals surface area contributed by atoms with Crippen LogP contribution < -0.4 is 5.32 Å². The third-order valence-corrected chi connectivity index (χ3v) is 3.85. The Bertz CT molecular complexity index is 710. The summed E-state index contributed by atoms with van der Waals surface area (Å²) < 4.78 is 7.45. The number of hydrogen-bond acceptors (Lipinski definition) is 3. The molecule has 1 aliphatic carbocycles. The number of nitrogens with zero attached hydrogens (tertiary/aromatic N) is 2. The molecule has 102 valence electrons. The zero-order valence-corrected chi connectivity index (χ0v) is 11.2. The van der Waals surface area contributed by atoms with Gasteiger partial charge in [-0.1, -0.05) is 23.4 Å². The van der Waals surface area contributed by atoms with Gasteiger partial charge in [0.25, 0.3) is 0 Å². The van der Waals surface area contributed by atoms with E-state index in [0.717, 1.165) is 24.9 Å². The average molecular weight is 267 g/mol. The molecule has 3 aromatic rings. The van der Waals surface area contributed by atoms with Crippen LogP contribution in [0.25, 0.3) is 10.9 Å². The van der Waals surface area contributed by atoms with Crippen molar-refractivity contribution in [3.63, 3.8) is 0 Å². The number of fused-ring (bicyclic) bond motifs is 1. The van der Waals surface area contributed by atoms with E-state index in [4.69, 9.17) is 4.52 Å². The normalized spacial score (nSPS) is 15.0. The second-order valence-corrected chi connectivity index (χ2v) is 5.43. The fourth-order valence-electron chi connectivity index (χ4n) is 2.63. The van der Waals surface area contributed by atoms with Crippen LogP contribution in [0.5, 0.6) is 0 Å². The lowest BCUT2D eigenvalue weighted by Crippen LogP contribution is -2.14. The monoisotopic (exact) mass is 267 g/mol. The molecule has 1 aromatic carbocycles. The highest BCUT2D eigenvalue weighted by Crippen LogP contribution is 2.24. The van der Waals surface area contributed by atoms with Gasteiger partial charge in [-0.05, 0) is 24.5 Å². The van der Waals surface area contributed by atoms with Crippen LogP contribution in [0.3, 0.4) is 0 Å². The lowest BCUT2D eigenvalue weighted by molar-refractivity contribution is 0.377. The average Bonchev–Trinajstić information content (AvgIpc) is 3.05. The number of hydrogen-bond donors (Lipinski definition) is 1. The molecule has 4 heteroatoms. The number of aromatic nitrogens is 2. The quantitative estimate of drug-likeness (QED) is 0.773. The molecule has 2 aromatic heterocycles. The predicted molar refractivity (Wildman–Crippen MR) is 77.4 cm³/mol. The van der Waals surface area contributed by atoms with Crippen LogP contribution in [0.15, 0.2) is 47.2 Å². The largest absolute Gasteiger partial charge is 0.359 e. The molecule has 0 atom stereocenters. The summed E-state index contributed by atoms with van der Waals surface area (Å²) in [6.07, 6.45) is 6.55. The molecule has 1 aliphatic rings. The summed E-state index contributed by atoms with van der Waals surface area (Å²) >= 11 is 0. The molecule has 0 radical (unpaired) electrons. The van der Waals surface area contributed by atoms with E-state index in [1.807, 2.05) is 6.07 Å². The van der Waals surface area contributed by atoms with Crippen LogP contribution in [0.2, 0.25) is 0 Å². The molecule has 4 rings (SSSR count). The fourth-order valence-corrected chi connectivity index (χ4v) is 2.63. The first-order chi connectivity index (χ1) is 9.90. The molecule has 0 aliphatic heterocycles. The Kier molecular flexibility index (Phi) is 2.81. The van der Waals surface area contributed by atoms with Crippen LogP contribution in [0.1, 0.15) is 24.2 Å². The van der Waals surface area contributed by atoms with Crippen molar-refractivity contribution in [3.05, 3.63) is 54.0 Å². The van der Waals surface area contributed by atoms with Crippen LogP contribution in [0, 0.1) is 0 Å². The Labute approximate surface area is 117 Å². The van der Waals surface area contributed by atoms with Crippen molar-refractivity contribution in [3.8, 4) is 0 Å². The fraction of sp³-hybridized carbons (Fsp3) is 0.312. The van der Waals surface area contributed by atoms with Crippen molar-refractivity contribution in [2.75, 3.05) is 0 Å². The maximum Gasteiger partial charge on any atom is 0.156 e. The summed E-state index contributed by atoms with van der Waals surface area (Å²) in [5.41, 5.74) is 2.60. The highest BCUT2D eigenvalue weighted by atomic mass is 16.5. The van der Waals surface area contributed by atoms with Crippen molar-refractivity contribution in [2.45, 2.75) is 32.0 Å². The second-order valence-electron chi connectivity index (χ2n) is 5.43. The Balaban J connectivity index is 1.68. The number of para-hydroxylation sites is 1. The highest BCUT2D eigenvalue weighted by molar-refractivity contribution is 5.84. The number of rotatable bonds is 5. The minimum atomic E-state index is 0.726. The molecule has 0 saturated heterocycles. The molecule has 20 heavy (non-hydrogen) atoms. The van der Waals surface area contributed by atoms with E-state index in [2.05, 4.69) is 45.5 Å². The van der Waals surface area contributed by atoms with E-state index in [9.17, 15) is 0 Å². The predicted octanol–water partition coefficient (Wildman–Crippen LogP) is 2.93. The first-order valence-corrected chi connectivity index (χ1v) is 7.10. The van der Waals surface area contributed by atoms with Crippen LogP contribution in [-0.4, -0.2) is 15.8 Å². The van der Waals surface area contributed by atoms with Gasteiger partial charge in [0.1, 0.15) is 0 Å². The lowest BCUT2D eigenvalue weighted by Gasteiger charge is -2.01. The van der Waals surface area contributed by atoms with E-state index in [1.54, 1.807) is 6.20 Å².